The molecule has 3 rings (SSSR count). The highest BCUT2D eigenvalue weighted by Gasteiger charge is 2.32. The summed E-state index contributed by atoms with van der Waals surface area (Å²) in [6.07, 6.45) is 1.74. The van der Waals surface area contributed by atoms with Crippen molar-refractivity contribution in [3.63, 3.8) is 0 Å². The monoisotopic (exact) mass is 613 g/mol. The van der Waals surface area contributed by atoms with E-state index in [1.165, 1.54) is 4.31 Å². The third kappa shape index (κ3) is 10.1. The number of halogens is 1. The Balaban J connectivity index is 1.91. The summed E-state index contributed by atoms with van der Waals surface area (Å²) in [5.74, 6) is 0.124. The summed E-state index contributed by atoms with van der Waals surface area (Å²) in [6.45, 7) is 5.97. The maximum atomic E-state index is 13.9. The van der Waals surface area contributed by atoms with Crippen LogP contribution in [-0.4, -0.2) is 56.6 Å². The zero-order chi connectivity index (χ0) is 30.9. The van der Waals surface area contributed by atoms with E-state index in [1.54, 1.807) is 36.3 Å². The van der Waals surface area contributed by atoms with Gasteiger partial charge in [0.05, 0.1) is 19.1 Å². The summed E-state index contributed by atoms with van der Waals surface area (Å²) >= 11 is 5.99. The Morgan fingerprint density at radius 1 is 0.952 bits per heavy atom. The van der Waals surface area contributed by atoms with Gasteiger partial charge in [0.15, 0.2) is 0 Å². The SMILES string of the molecule is COc1cccc(CN(C(=O)CCCN(c2ccc(Cl)cc2)S(C)(=O)=O)[C@@H](Cc2ccccc2)C(=O)NC(C)(C)C)c1. The first-order valence-corrected chi connectivity index (χ1v) is 16.0. The Labute approximate surface area is 254 Å². The molecule has 0 fully saturated rings. The number of hydrogen-bond acceptors (Lipinski definition) is 5. The summed E-state index contributed by atoms with van der Waals surface area (Å²) < 4.78 is 31.8. The molecule has 0 heterocycles. The summed E-state index contributed by atoms with van der Waals surface area (Å²) in [7, 11) is -2.03. The minimum atomic E-state index is -3.61. The van der Waals surface area contributed by atoms with Gasteiger partial charge in [-0.1, -0.05) is 54.1 Å². The zero-order valence-corrected chi connectivity index (χ0v) is 26.4. The van der Waals surface area contributed by atoms with Crippen LogP contribution in [0.1, 0.15) is 44.7 Å². The number of rotatable bonds is 13. The van der Waals surface area contributed by atoms with Crippen LogP contribution in [0.3, 0.4) is 0 Å². The molecular weight excluding hydrogens is 574 g/mol. The van der Waals surface area contributed by atoms with Crippen LogP contribution in [-0.2, 0) is 32.6 Å². The Bertz CT molecular complexity index is 1440. The van der Waals surface area contributed by atoms with Crippen LogP contribution in [0.2, 0.25) is 5.02 Å². The molecule has 0 aliphatic rings. The van der Waals surface area contributed by atoms with Crippen molar-refractivity contribution in [2.45, 2.75) is 58.2 Å². The molecular formula is C32H40ClN3O5S. The zero-order valence-electron chi connectivity index (χ0n) is 24.8. The molecule has 0 saturated carbocycles. The lowest BCUT2D eigenvalue weighted by molar-refractivity contribution is -0.142. The Kier molecular flexibility index (Phi) is 11.4. The molecule has 1 N–H and O–H groups in total. The lowest BCUT2D eigenvalue weighted by Gasteiger charge is -2.34. The third-order valence-corrected chi connectivity index (χ3v) is 7.97. The van der Waals surface area contributed by atoms with Gasteiger partial charge in [-0.2, -0.15) is 0 Å². The predicted octanol–water partition coefficient (Wildman–Crippen LogP) is 5.45. The number of methoxy groups -OCH3 is 1. The van der Waals surface area contributed by atoms with Crippen LogP contribution in [0, 0.1) is 0 Å². The lowest BCUT2D eigenvalue weighted by Crippen LogP contribution is -2.54. The van der Waals surface area contributed by atoms with Crippen molar-refractivity contribution in [1.82, 2.24) is 10.2 Å². The Hall–Kier alpha value is -3.56. The quantitative estimate of drug-likeness (QED) is 0.277. The molecule has 3 aromatic carbocycles. The first-order chi connectivity index (χ1) is 19.8. The van der Waals surface area contributed by atoms with Gasteiger partial charge in [0.2, 0.25) is 21.8 Å². The molecule has 0 spiro atoms. The van der Waals surface area contributed by atoms with Gasteiger partial charge in [-0.15, -0.1) is 0 Å². The van der Waals surface area contributed by atoms with Crippen molar-refractivity contribution in [2.24, 2.45) is 0 Å². The van der Waals surface area contributed by atoms with E-state index in [1.807, 2.05) is 75.4 Å². The second kappa shape index (κ2) is 14.6. The van der Waals surface area contributed by atoms with Crippen molar-refractivity contribution in [3.8, 4) is 5.75 Å². The average molecular weight is 614 g/mol. The van der Waals surface area contributed by atoms with Crippen molar-refractivity contribution >= 4 is 39.1 Å². The number of benzene rings is 3. The molecule has 0 unspecified atom stereocenters. The summed E-state index contributed by atoms with van der Waals surface area (Å²) in [5.41, 5.74) is 1.68. The molecule has 42 heavy (non-hydrogen) atoms. The van der Waals surface area contributed by atoms with Gasteiger partial charge >= 0.3 is 0 Å². The van der Waals surface area contributed by atoms with E-state index in [0.717, 1.165) is 17.4 Å². The predicted molar refractivity (Wildman–Crippen MR) is 168 cm³/mol. The van der Waals surface area contributed by atoms with Gasteiger partial charge in [-0.3, -0.25) is 13.9 Å². The molecule has 0 radical (unpaired) electrons. The van der Waals surface area contributed by atoms with Gasteiger partial charge in [-0.05, 0) is 74.7 Å². The second-order valence-electron chi connectivity index (χ2n) is 11.2. The molecule has 1 atom stereocenters. The highest BCUT2D eigenvalue weighted by atomic mass is 35.5. The molecule has 3 aromatic rings. The average Bonchev–Trinajstić information content (AvgIpc) is 2.92. The van der Waals surface area contributed by atoms with Gasteiger partial charge in [-0.25, -0.2) is 8.42 Å². The third-order valence-electron chi connectivity index (χ3n) is 6.52. The van der Waals surface area contributed by atoms with Crippen LogP contribution >= 0.6 is 11.6 Å². The van der Waals surface area contributed by atoms with Crippen molar-refractivity contribution in [3.05, 3.63) is 95.0 Å². The van der Waals surface area contributed by atoms with Crippen molar-refractivity contribution in [1.29, 1.82) is 0 Å². The molecule has 0 bridgehead atoms. The Morgan fingerprint density at radius 2 is 1.60 bits per heavy atom. The van der Waals surface area contributed by atoms with E-state index in [2.05, 4.69) is 5.32 Å². The minimum absolute atomic E-state index is 0.0394. The maximum absolute atomic E-state index is 13.9. The normalized spacial score (nSPS) is 12.3. The maximum Gasteiger partial charge on any atom is 0.243 e. The number of hydrogen-bond donors (Lipinski definition) is 1. The number of carbonyl (C=O) groups excluding carboxylic acids is 2. The second-order valence-corrected chi connectivity index (χ2v) is 13.6. The van der Waals surface area contributed by atoms with Gasteiger partial charge in [0.25, 0.3) is 0 Å². The van der Waals surface area contributed by atoms with E-state index in [4.69, 9.17) is 16.3 Å². The van der Waals surface area contributed by atoms with Gasteiger partial charge in [0, 0.05) is 36.5 Å². The van der Waals surface area contributed by atoms with Crippen molar-refractivity contribution in [2.75, 3.05) is 24.2 Å². The molecule has 0 saturated heterocycles. The number of nitrogens with one attached hydrogen (secondary N) is 1. The number of amides is 2. The van der Waals surface area contributed by atoms with Crippen LogP contribution in [0.15, 0.2) is 78.9 Å². The minimum Gasteiger partial charge on any atom is -0.497 e. The molecule has 10 heteroatoms. The molecule has 0 aliphatic carbocycles. The molecule has 226 valence electrons. The molecule has 0 aromatic heterocycles. The van der Waals surface area contributed by atoms with E-state index in [0.29, 0.717) is 22.9 Å². The van der Waals surface area contributed by atoms with Gasteiger partial charge in [0.1, 0.15) is 11.8 Å². The number of nitrogens with zero attached hydrogens (tertiary/aromatic N) is 2. The fourth-order valence-corrected chi connectivity index (χ4v) is 5.68. The van der Waals surface area contributed by atoms with Gasteiger partial charge < -0.3 is 15.0 Å². The first-order valence-electron chi connectivity index (χ1n) is 13.8. The fourth-order valence-electron chi connectivity index (χ4n) is 4.59. The molecule has 2 amide bonds. The summed E-state index contributed by atoms with van der Waals surface area (Å²) in [6, 6.07) is 22.7. The topological polar surface area (TPSA) is 96.0 Å². The van der Waals surface area contributed by atoms with Crippen LogP contribution in [0.4, 0.5) is 5.69 Å². The van der Waals surface area contributed by atoms with Crippen LogP contribution in [0.5, 0.6) is 5.75 Å². The van der Waals surface area contributed by atoms with E-state index in [-0.39, 0.29) is 37.7 Å². The van der Waals surface area contributed by atoms with Crippen LogP contribution in [0.25, 0.3) is 0 Å². The van der Waals surface area contributed by atoms with E-state index in [9.17, 15) is 18.0 Å². The number of anilines is 1. The smallest absolute Gasteiger partial charge is 0.243 e. The number of ether oxygens (including phenoxy) is 1. The number of carbonyl (C=O) groups is 2. The lowest BCUT2D eigenvalue weighted by atomic mass is 10.00. The molecule has 0 aliphatic heterocycles. The molecule has 8 nitrogen and oxygen atoms in total. The highest BCUT2D eigenvalue weighted by Crippen LogP contribution is 2.23. The largest absolute Gasteiger partial charge is 0.497 e. The summed E-state index contributed by atoms with van der Waals surface area (Å²) in [4.78, 5) is 29.3. The van der Waals surface area contributed by atoms with Crippen LogP contribution < -0.4 is 14.4 Å². The highest BCUT2D eigenvalue weighted by molar-refractivity contribution is 7.92. The standard InChI is InChI=1S/C32H40ClN3O5S/c1-32(2,3)34-31(38)29(22-24-11-7-6-8-12-24)35(23-25-13-9-14-28(21-25)41-4)30(37)15-10-20-36(42(5,39)40)27-18-16-26(33)17-19-27/h6-9,11-14,16-19,21,29H,10,15,20,22-23H2,1-5H3,(H,34,38)/t29-/m0/s1. The summed E-state index contributed by atoms with van der Waals surface area (Å²) in [5, 5.41) is 3.54. The Morgan fingerprint density at radius 3 is 2.19 bits per heavy atom. The fraction of sp³-hybridized carbons (Fsp3) is 0.375. The van der Waals surface area contributed by atoms with E-state index < -0.39 is 21.6 Å². The number of sulfonamides is 1. The van der Waals surface area contributed by atoms with E-state index >= 15 is 0 Å². The first kappa shape index (κ1) is 32.9. The van der Waals surface area contributed by atoms with Crippen molar-refractivity contribution < 1.29 is 22.7 Å².